The van der Waals surface area contributed by atoms with Crippen LogP contribution in [0.5, 0.6) is 0 Å². The molecule has 8 nitrogen and oxygen atoms in total. The minimum atomic E-state index is 0.0753. The smallest absolute Gasteiger partial charge is 0.230 e. The summed E-state index contributed by atoms with van der Waals surface area (Å²) in [6.45, 7) is 7.28. The van der Waals surface area contributed by atoms with Crippen molar-refractivity contribution in [2.24, 2.45) is 5.92 Å². The third kappa shape index (κ3) is 5.43. The van der Waals surface area contributed by atoms with Crippen LogP contribution < -0.4 is 5.32 Å². The molecule has 1 N–H and O–H groups in total. The summed E-state index contributed by atoms with van der Waals surface area (Å²) in [6.07, 6.45) is 6.84. The molecular weight excluding hydrogens is 380 g/mol. The van der Waals surface area contributed by atoms with Crippen molar-refractivity contribution in [3.05, 3.63) is 41.9 Å². The second kappa shape index (κ2) is 10.1. The van der Waals surface area contributed by atoms with Crippen molar-refractivity contribution in [3.63, 3.8) is 0 Å². The van der Waals surface area contributed by atoms with Crippen LogP contribution in [0.4, 0.5) is 0 Å². The van der Waals surface area contributed by atoms with Crippen LogP contribution >= 0.6 is 0 Å². The van der Waals surface area contributed by atoms with Crippen LogP contribution in [-0.4, -0.2) is 63.1 Å². The van der Waals surface area contributed by atoms with E-state index in [0.29, 0.717) is 24.4 Å². The van der Waals surface area contributed by atoms with E-state index in [0.717, 1.165) is 70.5 Å². The fraction of sp³-hybridized carbons (Fsp3) is 0.636. The van der Waals surface area contributed by atoms with Crippen LogP contribution in [0.2, 0.25) is 0 Å². The molecule has 8 heteroatoms. The topological polar surface area (TPSA) is 87.4 Å². The van der Waals surface area contributed by atoms with E-state index in [1.54, 1.807) is 6.20 Å². The van der Waals surface area contributed by atoms with Gasteiger partial charge in [-0.25, -0.2) is 0 Å². The molecule has 0 unspecified atom stereocenters. The normalized spacial score (nSPS) is 21.6. The minimum absolute atomic E-state index is 0.0753. The zero-order chi connectivity index (χ0) is 20.8. The van der Waals surface area contributed by atoms with Gasteiger partial charge in [0.05, 0.1) is 24.7 Å². The van der Waals surface area contributed by atoms with Crippen molar-refractivity contribution in [2.75, 3.05) is 26.2 Å². The number of amides is 1. The molecular formula is C22H32N6O2. The van der Waals surface area contributed by atoms with Crippen LogP contribution in [0.3, 0.4) is 0 Å². The van der Waals surface area contributed by atoms with Crippen molar-refractivity contribution in [1.29, 1.82) is 0 Å². The fourth-order valence-electron chi connectivity index (χ4n) is 4.51. The van der Waals surface area contributed by atoms with E-state index in [1.807, 2.05) is 25.1 Å². The average Bonchev–Trinajstić information content (AvgIpc) is 3.26. The molecule has 4 rings (SSSR count). The third-order valence-electron chi connectivity index (χ3n) is 6.24. The third-order valence-corrected chi connectivity index (χ3v) is 6.24. The van der Waals surface area contributed by atoms with Gasteiger partial charge in [-0.1, -0.05) is 13.0 Å². The van der Waals surface area contributed by atoms with Crippen LogP contribution in [-0.2, 0) is 24.3 Å². The Bertz CT molecular complexity index is 803. The Morgan fingerprint density at radius 3 is 2.73 bits per heavy atom. The molecule has 0 bridgehead atoms. The molecule has 2 aliphatic heterocycles. The summed E-state index contributed by atoms with van der Waals surface area (Å²) in [7, 11) is 0. The molecule has 2 aliphatic rings. The van der Waals surface area contributed by atoms with E-state index < -0.39 is 0 Å². The number of likely N-dealkylation sites (tertiary alicyclic amines) is 2. The summed E-state index contributed by atoms with van der Waals surface area (Å²) in [5, 5.41) is 11.3. The summed E-state index contributed by atoms with van der Waals surface area (Å²) in [5.41, 5.74) is 0.901. The number of hydrogen-bond donors (Lipinski definition) is 1. The second-order valence-corrected chi connectivity index (χ2v) is 8.32. The van der Waals surface area contributed by atoms with E-state index >= 15 is 0 Å². The van der Waals surface area contributed by atoms with Gasteiger partial charge in [-0.3, -0.25) is 19.6 Å². The Hall–Kier alpha value is -2.32. The highest BCUT2D eigenvalue weighted by Gasteiger charge is 2.31. The van der Waals surface area contributed by atoms with Gasteiger partial charge in [0.15, 0.2) is 0 Å². The van der Waals surface area contributed by atoms with Crippen LogP contribution in [0, 0.1) is 5.92 Å². The molecule has 2 saturated heterocycles. The Labute approximate surface area is 178 Å². The molecule has 1 atom stereocenters. The molecule has 2 aromatic heterocycles. The molecule has 30 heavy (non-hydrogen) atoms. The van der Waals surface area contributed by atoms with Gasteiger partial charge in [-0.2, -0.15) is 0 Å². The summed E-state index contributed by atoms with van der Waals surface area (Å²) >= 11 is 0. The van der Waals surface area contributed by atoms with Crippen LogP contribution in [0.1, 0.15) is 50.1 Å². The largest absolute Gasteiger partial charge is 0.424 e. The summed E-state index contributed by atoms with van der Waals surface area (Å²) in [6, 6.07) is 6.34. The number of aryl methyl sites for hydroxylation is 1. The summed E-state index contributed by atoms with van der Waals surface area (Å²) < 4.78 is 5.65. The first-order valence-electron chi connectivity index (χ1n) is 11.2. The monoisotopic (exact) mass is 412 g/mol. The molecule has 1 amide bonds. The lowest BCUT2D eigenvalue weighted by Crippen LogP contribution is -2.50. The lowest BCUT2D eigenvalue weighted by molar-refractivity contribution is -0.127. The maximum atomic E-state index is 12.7. The van der Waals surface area contributed by atoms with Crippen LogP contribution in [0.15, 0.2) is 28.8 Å². The minimum Gasteiger partial charge on any atom is -0.424 e. The zero-order valence-corrected chi connectivity index (χ0v) is 17.8. The quantitative estimate of drug-likeness (QED) is 0.744. The van der Waals surface area contributed by atoms with E-state index in [1.165, 1.54) is 0 Å². The number of hydrogen-bond acceptors (Lipinski definition) is 7. The van der Waals surface area contributed by atoms with Crippen LogP contribution in [0.25, 0.3) is 0 Å². The number of nitrogens with one attached hydrogen (secondary N) is 1. The highest BCUT2D eigenvalue weighted by molar-refractivity contribution is 5.78. The molecule has 162 valence electrons. The number of piperidine rings is 2. The predicted octanol–water partition coefficient (Wildman–Crippen LogP) is 2.02. The lowest BCUT2D eigenvalue weighted by atomic mass is 9.93. The van der Waals surface area contributed by atoms with Gasteiger partial charge in [0.25, 0.3) is 0 Å². The molecule has 0 aliphatic carbocycles. The average molecular weight is 413 g/mol. The van der Waals surface area contributed by atoms with Gasteiger partial charge in [-0.05, 0) is 44.4 Å². The number of nitrogens with zero attached hydrogens (tertiary/aromatic N) is 5. The molecule has 4 heterocycles. The summed E-state index contributed by atoms with van der Waals surface area (Å²) in [5.74, 6) is 1.66. The van der Waals surface area contributed by atoms with Gasteiger partial charge in [0.2, 0.25) is 17.7 Å². The Balaban J connectivity index is 1.22. The first kappa shape index (κ1) is 20.9. The number of carbonyl (C=O) groups is 1. The van der Waals surface area contributed by atoms with E-state index in [9.17, 15) is 4.79 Å². The van der Waals surface area contributed by atoms with E-state index in [-0.39, 0.29) is 11.8 Å². The molecule has 0 saturated carbocycles. The zero-order valence-electron chi connectivity index (χ0n) is 17.8. The van der Waals surface area contributed by atoms with Crippen molar-refractivity contribution >= 4 is 5.91 Å². The molecule has 0 radical (unpaired) electrons. The molecule has 0 spiro atoms. The summed E-state index contributed by atoms with van der Waals surface area (Å²) in [4.78, 5) is 21.9. The van der Waals surface area contributed by atoms with Gasteiger partial charge in [-0.15, -0.1) is 10.2 Å². The first-order valence-corrected chi connectivity index (χ1v) is 11.2. The second-order valence-electron chi connectivity index (χ2n) is 8.32. The highest BCUT2D eigenvalue weighted by Crippen LogP contribution is 2.24. The molecule has 2 fully saturated rings. The van der Waals surface area contributed by atoms with Gasteiger partial charge >= 0.3 is 0 Å². The van der Waals surface area contributed by atoms with E-state index in [2.05, 4.69) is 30.3 Å². The Morgan fingerprint density at radius 1 is 1.17 bits per heavy atom. The van der Waals surface area contributed by atoms with Gasteiger partial charge < -0.3 is 9.73 Å². The Morgan fingerprint density at radius 2 is 2.00 bits per heavy atom. The number of rotatable bonds is 7. The van der Waals surface area contributed by atoms with Gasteiger partial charge in [0, 0.05) is 38.3 Å². The Kier molecular flexibility index (Phi) is 7.07. The fourth-order valence-corrected chi connectivity index (χ4v) is 4.51. The molecule has 2 aromatic rings. The maximum absolute atomic E-state index is 12.7. The number of carbonyl (C=O) groups excluding carboxylic acids is 1. The maximum Gasteiger partial charge on any atom is 0.230 e. The van der Waals surface area contributed by atoms with Crippen molar-refractivity contribution in [3.8, 4) is 0 Å². The van der Waals surface area contributed by atoms with E-state index in [4.69, 9.17) is 4.42 Å². The van der Waals surface area contributed by atoms with Crippen molar-refractivity contribution < 1.29 is 9.21 Å². The lowest BCUT2D eigenvalue weighted by Gasteiger charge is -2.41. The molecule has 0 aromatic carbocycles. The number of aromatic nitrogens is 3. The van der Waals surface area contributed by atoms with Crippen molar-refractivity contribution in [2.45, 2.75) is 58.2 Å². The highest BCUT2D eigenvalue weighted by atomic mass is 16.4. The predicted molar refractivity (Wildman–Crippen MR) is 112 cm³/mol. The van der Waals surface area contributed by atoms with Gasteiger partial charge in [0.1, 0.15) is 0 Å². The first-order chi connectivity index (χ1) is 14.7. The standard InChI is InChI=1S/C22H32N6O2/c1-2-20-25-26-21(30-20)16-27-12-8-19(9-13-27)28-11-5-6-17(15-28)22(29)24-14-18-7-3-4-10-23-18/h3-4,7,10,17,19H,2,5-6,8-9,11-16H2,1H3,(H,24,29)/t17-/m1/s1. The SMILES string of the molecule is CCc1nnc(CN2CCC(N3CCC[C@@H](C(=O)NCc4ccccn4)C3)CC2)o1. The van der Waals surface area contributed by atoms with Crippen molar-refractivity contribution in [1.82, 2.24) is 30.3 Å². The number of pyridine rings is 1.